The summed E-state index contributed by atoms with van der Waals surface area (Å²) in [5.41, 5.74) is 7.45. The third-order valence-electron chi connectivity index (χ3n) is 11.2. The number of hydrogen-bond acceptors (Lipinski definition) is 8. The van der Waals surface area contributed by atoms with E-state index in [4.69, 9.17) is 0 Å². The quantitative estimate of drug-likeness (QED) is 0.208. The first-order chi connectivity index (χ1) is 24.5. The number of allylic oxidation sites excluding steroid dienone is 9. The minimum Gasteiger partial charge on any atom is -0.744 e. The fraction of sp³-hybridized carbons (Fsp3) is 0.268. The maximum absolute atomic E-state index is 13.4. The molecule has 0 bridgehead atoms. The van der Waals surface area contributed by atoms with E-state index in [1.54, 1.807) is 18.2 Å². The summed E-state index contributed by atoms with van der Waals surface area (Å²) in [5.74, 6) is 0. The summed E-state index contributed by atoms with van der Waals surface area (Å²) in [4.78, 5) is 1.93. The molecule has 3 aliphatic rings. The maximum atomic E-state index is 13.4. The van der Waals surface area contributed by atoms with Gasteiger partial charge in [0.1, 0.15) is 10.1 Å². The molecule has 4 aromatic rings. The molecule has 276 valence electrons. The van der Waals surface area contributed by atoms with E-state index in [-0.39, 0.29) is 61.2 Å². The van der Waals surface area contributed by atoms with Gasteiger partial charge in [-0.15, -0.1) is 0 Å². The molecule has 0 spiro atoms. The summed E-state index contributed by atoms with van der Waals surface area (Å²) in [5, 5.41) is 3.07. The molecule has 4 aromatic carbocycles. The van der Waals surface area contributed by atoms with Crippen molar-refractivity contribution in [2.75, 3.05) is 18.2 Å². The van der Waals surface area contributed by atoms with Gasteiger partial charge >= 0.3 is 51.4 Å². The van der Waals surface area contributed by atoms with Gasteiger partial charge in [-0.05, 0) is 117 Å². The Kier molecular flexibility index (Phi) is 10.4. The Bertz CT molecular complexity index is 2830. The molecule has 1 aliphatic heterocycles. The van der Waals surface area contributed by atoms with Crippen molar-refractivity contribution in [3.63, 3.8) is 0 Å². The molecule has 9 nitrogen and oxygen atoms in total. The number of rotatable bonds is 6. The van der Waals surface area contributed by atoms with Crippen LogP contribution < -0.4 is 56.3 Å². The Morgan fingerprint density at radius 1 is 0.759 bits per heavy atom. The molecule has 0 unspecified atom stereocenters. The third kappa shape index (κ3) is 6.78. The first-order valence-corrected chi connectivity index (χ1v) is 21.8. The molecule has 0 saturated heterocycles. The SMILES string of the molecule is CC1=C(C=CC2=C(S(C)(=O)=O)/C(=C/C=C3N(C)c4ccc5cc(S(=O)(=O)[O-])ccc5c4C3(C)C)CC2)C(C)(C)c2c1ccc1cc(S(=O)(=O)O)ccc21.[K+]. The molecule has 13 heteroatoms. The van der Waals surface area contributed by atoms with Crippen molar-refractivity contribution in [1.82, 2.24) is 0 Å². The standard InChI is InChI=1S/C41H41NO8S3.K/c1-24-31-16-10-27-22-29(52(45,46)47)14-17-32(27)37(31)40(2,3)34(24)19-11-25-8-9-26(39(25)51(7,43)44)13-21-36-41(4,5)38-33-18-15-30(53(48,49)50)23-28(33)12-20-35(38)42(36)6;/h10-23H,8-9H2,1-7H3,(H,45,46,47)(H,48,49,50);/q;+1/p-1/b19-11?,26-13+,36-21?;. The molecule has 0 saturated carbocycles. The van der Waals surface area contributed by atoms with Crippen LogP contribution in [0.2, 0.25) is 0 Å². The number of fused-ring (bicyclic) bond motifs is 6. The van der Waals surface area contributed by atoms with Gasteiger partial charge in [0, 0.05) is 35.5 Å². The summed E-state index contributed by atoms with van der Waals surface area (Å²) in [7, 11) is -10.6. The summed E-state index contributed by atoms with van der Waals surface area (Å²) in [6.07, 6.45) is 10.1. The van der Waals surface area contributed by atoms with E-state index in [0.29, 0.717) is 28.5 Å². The minimum absolute atomic E-state index is 0. The summed E-state index contributed by atoms with van der Waals surface area (Å²) in [6, 6.07) is 16.6. The van der Waals surface area contributed by atoms with Gasteiger partial charge in [-0.1, -0.05) is 76.3 Å². The van der Waals surface area contributed by atoms with Gasteiger partial charge in [0.2, 0.25) is 0 Å². The van der Waals surface area contributed by atoms with E-state index < -0.39 is 40.9 Å². The van der Waals surface area contributed by atoms with Gasteiger partial charge in [-0.2, -0.15) is 8.42 Å². The van der Waals surface area contributed by atoms with Crippen molar-refractivity contribution >= 4 is 62.9 Å². The Morgan fingerprint density at radius 3 is 1.96 bits per heavy atom. The monoisotopic (exact) mass is 809 g/mol. The summed E-state index contributed by atoms with van der Waals surface area (Å²) in [6.45, 7) is 10.4. The van der Waals surface area contributed by atoms with Crippen LogP contribution in [0.25, 0.3) is 27.1 Å². The van der Waals surface area contributed by atoms with Crippen molar-refractivity contribution in [3.05, 3.63) is 129 Å². The second kappa shape index (κ2) is 13.8. The molecule has 0 aromatic heterocycles. The first kappa shape index (κ1) is 41.0. The average molecular weight is 810 g/mol. The van der Waals surface area contributed by atoms with Gasteiger partial charge in [-0.3, -0.25) is 4.55 Å². The zero-order valence-electron chi connectivity index (χ0n) is 31.5. The topological polar surface area (TPSA) is 149 Å². The fourth-order valence-electron chi connectivity index (χ4n) is 8.78. The van der Waals surface area contributed by atoms with E-state index >= 15 is 0 Å². The largest absolute Gasteiger partial charge is 1.00 e. The van der Waals surface area contributed by atoms with Gasteiger partial charge in [-0.25, -0.2) is 16.8 Å². The molecule has 54 heavy (non-hydrogen) atoms. The van der Waals surface area contributed by atoms with Crippen molar-refractivity contribution in [1.29, 1.82) is 0 Å². The van der Waals surface area contributed by atoms with E-state index in [0.717, 1.165) is 61.1 Å². The van der Waals surface area contributed by atoms with Gasteiger partial charge in [0.15, 0.2) is 9.84 Å². The number of hydrogen-bond donors (Lipinski definition) is 1. The van der Waals surface area contributed by atoms with Crippen LogP contribution in [0, 0.1) is 0 Å². The molecule has 0 amide bonds. The Hall–Kier alpha value is -2.69. The molecule has 1 N–H and O–H groups in total. The summed E-state index contributed by atoms with van der Waals surface area (Å²) >= 11 is 0. The molecule has 7 rings (SSSR count). The van der Waals surface area contributed by atoms with Crippen LogP contribution in [-0.4, -0.2) is 47.7 Å². The van der Waals surface area contributed by atoms with E-state index in [2.05, 4.69) is 32.6 Å². The Balaban J connectivity index is 0.00000497. The molecule has 0 radical (unpaired) electrons. The predicted octanol–water partition coefficient (Wildman–Crippen LogP) is 5.10. The van der Waals surface area contributed by atoms with Crippen molar-refractivity contribution in [3.8, 4) is 0 Å². The van der Waals surface area contributed by atoms with Gasteiger partial charge in [0.25, 0.3) is 10.1 Å². The molecule has 2 aliphatic carbocycles. The van der Waals surface area contributed by atoms with Crippen LogP contribution in [0.1, 0.15) is 64.2 Å². The Labute approximate surface area is 360 Å². The number of nitrogens with zero attached hydrogens (tertiary/aromatic N) is 1. The van der Waals surface area contributed by atoms with Crippen LogP contribution in [-0.2, 0) is 40.9 Å². The third-order valence-corrected chi connectivity index (χ3v) is 14.1. The number of benzene rings is 4. The molecular weight excluding hydrogens is 770 g/mol. The van der Waals surface area contributed by atoms with E-state index in [1.807, 2.05) is 56.5 Å². The van der Waals surface area contributed by atoms with Crippen LogP contribution in [0.5, 0.6) is 0 Å². The van der Waals surface area contributed by atoms with Crippen LogP contribution in [0.4, 0.5) is 5.69 Å². The predicted molar refractivity (Wildman–Crippen MR) is 209 cm³/mol. The normalized spacial score (nSPS) is 19.8. The molecule has 1 heterocycles. The Morgan fingerprint density at radius 2 is 1.35 bits per heavy atom. The van der Waals surface area contributed by atoms with Gasteiger partial charge in [0.05, 0.1) is 14.7 Å². The number of likely N-dealkylation sites (N-methyl/N-ethyl adjacent to an activating group) is 1. The van der Waals surface area contributed by atoms with Crippen LogP contribution >= 0.6 is 0 Å². The first-order valence-electron chi connectivity index (χ1n) is 17.1. The van der Waals surface area contributed by atoms with Crippen LogP contribution in [0.15, 0.2) is 122 Å². The molecule has 0 fully saturated rings. The van der Waals surface area contributed by atoms with Gasteiger partial charge < -0.3 is 9.45 Å². The average Bonchev–Trinajstić information content (AvgIpc) is 3.63. The summed E-state index contributed by atoms with van der Waals surface area (Å²) < 4.78 is 95.0. The zero-order chi connectivity index (χ0) is 38.6. The second-order valence-electron chi connectivity index (χ2n) is 15.2. The fourth-order valence-corrected chi connectivity index (χ4v) is 11.1. The van der Waals surface area contributed by atoms with Crippen molar-refractivity contribution in [2.45, 2.75) is 68.1 Å². The second-order valence-corrected chi connectivity index (χ2v) is 19.9. The number of anilines is 1. The minimum atomic E-state index is -4.61. The van der Waals surface area contributed by atoms with Crippen molar-refractivity contribution in [2.24, 2.45) is 0 Å². The molecule has 0 atom stereocenters. The molecular formula is C41H40KNO8S3. The smallest absolute Gasteiger partial charge is 0.744 e. The van der Waals surface area contributed by atoms with Crippen LogP contribution in [0.3, 0.4) is 0 Å². The van der Waals surface area contributed by atoms with E-state index in [9.17, 15) is 34.4 Å². The zero-order valence-corrected chi connectivity index (χ0v) is 37.0. The maximum Gasteiger partial charge on any atom is 1.00 e. The van der Waals surface area contributed by atoms with E-state index in [1.165, 1.54) is 30.5 Å². The number of sulfone groups is 1. The van der Waals surface area contributed by atoms with Crippen molar-refractivity contribution < 1.29 is 85.7 Å².